The molecule has 0 bridgehead atoms. The van der Waals surface area contributed by atoms with Gasteiger partial charge in [-0.1, -0.05) is 39.1 Å². The Labute approximate surface area is 118 Å². The summed E-state index contributed by atoms with van der Waals surface area (Å²) in [6.07, 6.45) is 2.07. The van der Waals surface area contributed by atoms with E-state index in [0.29, 0.717) is 34.7 Å². The third-order valence-corrected chi connectivity index (χ3v) is 4.61. The van der Waals surface area contributed by atoms with Crippen molar-refractivity contribution in [2.24, 2.45) is 5.92 Å². The number of anilines is 1. The lowest BCUT2D eigenvalue weighted by atomic mass is 10.2. The number of carbonyl (C=O) groups excluding carboxylic acids is 1. The van der Waals surface area contributed by atoms with E-state index in [0.717, 1.165) is 10.9 Å². The average Bonchev–Trinajstić information content (AvgIpc) is 2.68. The molecular formula is C11H11BrCl2N2O. The molecule has 1 aromatic heterocycles. The Hall–Kier alpha value is -0.320. The van der Waals surface area contributed by atoms with E-state index in [2.05, 4.69) is 20.9 Å². The number of halogens is 3. The van der Waals surface area contributed by atoms with Gasteiger partial charge in [-0.25, -0.2) is 4.98 Å². The standard InChI is InChI=1S/C11H11BrCl2N2O/c1-6-8(13)4-15-11(10(6)14)16-5-7(3-12)2-9(16)17/h4,7H,2-3,5H2,1H3. The minimum Gasteiger partial charge on any atom is -0.295 e. The van der Waals surface area contributed by atoms with Gasteiger partial charge in [-0.3, -0.25) is 9.69 Å². The van der Waals surface area contributed by atoms with Crippen LogP contribution in [0.25, 0.3) is 0 Å². The fourth-order valence-electron chi connectivity index (χ4n) is 1.82. The topological polar surface area (TPSA) is 33.2 Å². The van der Waals surface area contributed by atoms with Gasteiger partial charge in [-0.2, -0.15) is 0 Å². The van der Waals surface area contributed by atoms with Gasteiger partial charge in [-0.15, -0.1) is 0 Å². The second-order valence-corrected chi connectivity index (χ2v) is 5.53. The van der Waals surface area contributed by atoms with Gasteiger partial charge in [0, 0.05) is 24.5 Å². The molecule has 3 nitrogen and oxygen atoms in total. The van der Waals surface area contributed by atoms with E-state index < -0.39 is 0 Å². The third-order valence-electron chi connectivity index (χ3n) is 2.86. The molecule has 2 rings (SSSR count). The fourth-order valence-corrected chi connectivity index (χ4v) is 2.70. The van der Waals surface area contributed by atoms with E-state index in [-0.39, 0.29) is 5.91 Å². The zero-order valence-corrected chi connectivity index (χ0v) is 12.3. The van der Waals surface area contributed by atoms with Crippen LogP contribution in [0.15, 0.2) is 6.20 Å². The number of nitrogens with zero attached hydrogens (tertiary/aromatic N) is 2. The highest BCUT2D eigenvalue weighted by Crippen LogP contribution is 2.34. The lowest BCUT2D eigenvalue weighted by molar-refractivity contribution is -0.117. The summed E-state index contributed by atoms with van der Waals surface area (Å²) in [7, 11) is 0. The van der Waals surface area contributed by atoms with Crippen LogP contribution in [0.1, 0.15) is 12.0 Å². The van der Waals surface area contributed by atoms with E-state index in [1.807, 2.05) is 6.92 Å². The molecule has 1 amide bonds. The quantitative estimate of drug-likeness (QED) is 0.774. The molecule has 17 heavy (non-hydrogen) atoms. The molecule has 1 aliphatic rings. The zero-order valence-electron chi connectivity index (χ0n) is 9.21. The van der Waals surface area contributed by atoms with Crippen LogP contribution in [0.2, 0.25) is 10.0 Å². The number of aromatic nitrogens is 1. The molecule has 1 aromatic rings. The van der Waals surface area contributed by atoms with Crippen LogP contribution >= 0.6 is 39.1 Å². The fraction of sp³-hybridized carbons (Fsp3) is 0.455. The largest absolute Gasteiger partial charge is 0.295 e. The van der Waals surface area contributed by atoms with Gasteiger partial charge in [0.05, 0.1) is 10.0 Å². The third kappa shape index (κ3) is 2.44. The Kier molecular flexibility index (Phi) is 3.95. The van der Waals surface area contributed by atoms with Gasteiger partial charge in [0.15, 0.2) is 5.82 Å². The molecular weight excluding hydrogens is 327 g/mol. The molecule has 1 saturated heterocycles. The summed E-state index contributed by atoms with van der Waals surface area (Å²) in [5, 5.41) is 1.78. The maximum atomic E-state index is 11.9. The predicted molar refractivity (Wildman–Crippen MR) is 73.2 cm³/mol. The molecule has 92 valence electrons. The van der Waals surface area contributed by atoms with Gasteiger partial charge in [0.2, 0.25) is 5.91 Å². The second-order valence-electron chi connectivity index (χ2n) is 4.10. The highest BCUT2D eigenvalue weighted by molar-refractivity contribution is 9.09. The Bertz CT molecular complexity index is 467. The number of carbonyl (C=O) groups is 1. The minimum atomic E-state index is 0.0607. The number of hydrogen-bond acceptors (Lipinski definition) is 2. The molecule has 0 radical (unpaired) electrons. The number of pyridine rings is 1. The number of amides is 1. The zero-order chi connectivity index (χ0) is 12.6. The minimum absolute atomic E-state index is 0.0607. The molecule has 6 heteroatoms. The van der Waals surface area contributed by atoms with Crippen molar-refractivity contribution in [2.75, 3.05) is 16.8 Å². The Morgan fingerprint density at radius 3 is 2.88 bits per heavy atom. The van der Waals surface area contributed by atoms with Crippen LogP contribution in [0, 0.1) is 12.8 Å². The van der Waals surface area contributed by atoms with Crippen molar-refractivity contribution in [1.82, 2.24) is 4.98 Å². The van der Waals surface area contributed by atoms with Crippen molar-refractivity contribution >= 4 is 50.9 Å². The van der Waals surface area contributed by atoms with Gasteiger partial charge in [-0.05, 0) is 18.4 Å². The van der Waals surface area contributed by atoms with Crippen LogP contribution in [-0.2, 0) is 4.79 Å². The summed E-state index contributed by atoms with van der Waals surface area (Å²) in [5.41, 5.74) is 0.758. The van der Waals surface area contributed by atoms with E-state index in [4.69, 9.17) is 23.2 Å². The number of hydrogen-bond donors (Lipinski definition) is 0. The first kappa shape index (κ1) is 13.1. The lowest BCUT2D eigenvalue weighted by Gasteiger charge is -2.18. The summed E-state index contributed by atoms with van der Waals surface area (Å²) in [6, 6.07) is 0. The highest BCUT2D eigenvalue weighted by atomic mass is 79.9. The normalized spacial score (nSPS) is 20.1. The monoisotopic (exact) mass is 336 g/mol. The van der Waals surface area contributed by atoms with Crippen molar-refractivity contribution < 1.29 is 4.79 Å². The highest BCUT2D eigenvalue weighted by Gasteiger charge is 2.32. The molecule has 0 N–H and O–H groups in total. The molecule has 1 atom stereocenters. The average molecular weight is 338 g/mol. The molecule has 0 spiro atoms. The summed E-state index contributed by atoms with van der Waals surface area (Å²) >= 11 is 15.5. The van der Waals surface area contributed by atoms with E-state index in [1.54, 1.807) is 4.90 Å². The molecule has 0 saturated carbocycles. The van der Waals surface area contributed by atoms with Crippen LogP contribution in [0.3, 0.4) is 0 Å². The number of rotatable bonds is 2. The van der Waals surface area contributed by atoms with Crippen molar-refractivity contribution in [3.8, 4) is 0 Å². The summed E-state index contributed by atoms with van der Waals surface area (Å²) in [4.78, 5) is 17.7. The van der Waals surface area contributed by atoms with Gasteiger partial charge < -0.3 is 0 Å². The molecule has 0 aromatic carbocycles. The first-order chi connectivity index (χ1) is 8.04. The Balaban J connectivity index is 2.35. The van der Waals surface area contributed by atoms with Crippen LogP contribution in [0.4, 0.5) is 5.82 Å². The SMILES string of the molecule is Cc1c(Cl)cnc(N2CC(CBr)CC2=O)c1Cl. The summed E-state index contributed by atoms with van der Waals surface area (Å²) in [6.45, 7) is 2.47. The Morgan fingerprint density at radius 2 is 2.29 bits per heavy atom. The molecule has 1 unspecified atom stereocenters. The first-order valence-corrected chi connectivity index (χ1v) is 7.09. The van der Waals surface area contributed by atoms with Crippen LogP contribution in [0.5, 0.6) is 0 Å². The molecule has 2 heterocycles. The van der Waals surface area contributed by atoms with Gasteiger partial charge >= 0.3 is 0 Å². The lowest BCUT2D eigenvalue weighted by Crippen LogP contribution is -2.26. The summed E-state index contributed by atoms with van der Waals surface area (Å²) < 4.78 is 0. The van der Waals surface area contributed by atoms with E-state index in [9.17, 15) is 4.79 Å². The van der Waals surface area contributed by atoms with Crippen molar-refractivity contribution in [3.63, 3.8) is 0 Å². The van der Waals surface area contributed by atoms with Crippen LogP contribution in [-0.4, -0.2) is 22.8 Å². The second kappa shape index (κ2) is 5.12. The number of alkyl halides is 1. The van der Waals surface area contributed by atoms with Crippen molar-refractivity contribution in [1.29, 1.82) is 0 Å². The summed E-state index contributed by atoms with van der Waals surface area (Å²) in [5.74, 6) is 0.893. The molecule has 1 fully saturated rings. The van der Waals surface area contributed by atoms with E-state index >= 15 is 0 Å². The molecule has 0 aliphatic carbocycles. The smallest absolute Gasteiger partial charge is 0.228 e. The van der Waals surface area contributed by atoms with Gasteiger partial charge in [0.25, 0.3) is 0 Å². The predicted octanol–water partition coefficient (Wildman–Crippen LogP) is 3.44. The van der Waals surface area contributed by atoms with Crippen molar-refractivity contribution in [3.05, 3.63) is 21.8 Å². The van der Waals surface area contributed by atoms with Crippen molar-refractivity contribution in [2.45, 2.75) is 13.3 Å². The maximum Gasteiger partial charge on any atom is 0.228 e. The maximum absolute atomic E-state index is 11.9. The van der Waals surface area contributed by atoms with Crippen LogP contribution < -0.4 is 4.90 Å². The van der Waals surface area contributed by atoms with E-state index in [1.165, 1.54) is 6.20 Å². The Morgan fingerprint density at radius 1 is 1.59 bits per heavy atom. The van der Waals surface area contributed by atoms with Gasteiger partial charge in [0.1, 0.15) is 0 Å². The first-order valence-electron chi connectivity index (χ1n) is 5.21. The molecule has 1 aliphatic heterocycles.